The third-order valence-corrected chi connectivity index (χ3v) is 6.60. The number of carboxylic acids is 1. The molecule has 5 rings (SSSR count). The van der Waals surface area contributed by atoms with Crippen LogP contribution in [0.5, 0.6) is 0 Å². The van der Waals surface area contributed by atoms with E-state index in [9.17, 15) is 14.4 Å². The first-order valence-electron chi connectivity index (χ1n) is 10.7. The molecule has 35 heavy (non-hydrogen) atoms. The molecule has 0 aliphatic heterocycles. The molecule has 0 bridgehead atoms. The minimum absolute atomic E-state index is 0.0157. The monoisotopic (exact) mass is 489 g/mol. The normalized spacial score (nSPS) is 12.0. The van der Waals surface area contributed by atoms with E-state index in [0.717, 1.165) is 33.6 Å². The van der Waals surface area contributed by atoms with Crippen LogP contribution in [-0.4, -0.2) is 34.7 Å². The fourth-order valence-corrected chi connectivity index (χ4v) is 4.75. The number of benzene rings is 2. The van der Waals surface area contributed by atoms with Gasteiger partial charge in [-0.25, -0.2) is 14.6 Å². The van der Waals surface area contributed by atoms with Crippen LogP contribution in [-0.2, 0) is 11.3 Å². The number of furan rings is 1. The van der Waals surface area contributed by atoms with E-state index in [1.54, 1.807) is 0 Å². The number of aromatic carboxylic acids is 1. The quantitative estimate of drug-likeness (QED) is 0.342. The highest BCUT2D eigenvalue weighted by Gasteiger charge is 2.29. The molecule has 0 unspecified atom stereocenters. The summed E-state index contributed by atoms with van der Waals surface area (Å²) < 4.78 is 10.8. The summed E-state index contributed by atoms with van der Waals surface area (Å²) in [5.41, 5.74) is 4.60. The number of anilines is 1. The van der Waals surface area contributed by atoms with Crippen molar-refractivity contribution in [2.75, 3.05) is 11.9 Å². The van der Waals surface area contributed by atoms with Crippen LogP contribution >= 0.6 is 11.3 Å². The molecule has 9 nitrogen and oxygen atoms in total. The second-order valence-electron chi connectivity index (χ2n) is 7.72. The van der Waals surface area contributed by atoms with Crippen molar-refractivity contribution < 1.29 is 28.6 Å². The van der Waals surface area contributed by atoms with Gasteiger partial charge in [0.25, 0.3) is 5.91 Å². The largest absolute Gasteiger partial charge is 0.477 e. The Balaban J connectivity index is 1.20. The molecular formula is C25H19N3O6S. The summed E-state index contributed by atoms with van der Waals surface area (Å²) in [4.78, 5) is 40.1. The average Bonchev–Trinajstić information content (AvgIpc) is 3.59. The summed E-state index contributed by atoms with van der Waals surface area (Å²) in [7, 11) is 0. The van der Waals surface area contributed by atoms with Crippen molar-refractivity contribution >= 4 is 35.0 Å². The third-order valence-electron chi connectivity index (χ3n) is 5.62. The summed E-state index contributed by atoms with van der Waals surface area (Å²) in [6.45, 7) is 0.150. The zero-order valence-corrected chi connectivity index (χ0v) is 19.0. The van der Waals surface area contributed by atoms with E-state index in [0.29, 0.717) is 5.01 Å². The molecule has 3 N–H and O–H groups in total. The molecule has 2 aromatic carbocycles. The van der Waals surface area contributed by atoms with Gasteiger partial charge in [-0.15, -0.1) is 11.3 Å². The van der Waals surface area contributed by atoms with Gasteiger partial charge in [0.2, 0.25) is 5.76 Å². The molecule has 2 aromatic heterocycles. The predicted octanol–water partition coefficient (Wildman–Crippen LogP) is 4.73. The molecular weight excluding hydrogens is 470 g/mol. The molecule has 1 aliphatic carbocycles. The predicted molar refractivity (Wildman–Crippen MR) is 128 cm³/mol. The molecule has 2 amide bonds. The Hall–Kier alpha value is -4.44. The Morgan fingerprint density at radius 1 is 1.03 bits per heavy atom. The van der Waals surface area contributed by atoms with Gasteiger partial charge in [-0.2, -0.15) is 0 Å². The van der Waals surface area contributed by atoms with E-state index in [-0.39, 0.29) is 35.4 Å². The number of aromatic nitrogens is 1. The first-order valence-corrected chi connectivity index (χ1v) is 11.5. The minimum atomic E-state index is -1.08. The fraction of sp³-hybridized carbons (Fsp3) is 0.120. The molecule has 4 aromatic rings. The lowest BCUT2D eigenvalue weighted by Crippen LogP contribution is -2.24. The number of rotatable bonds is 7. The molecule has 0 saturated carbocycles. The lowest BCUT2D eigenvalue weighted by Gasteiger charge is -2.14. The van der Waals surface area contributed by atoms with Crippen LogP contribution in [0.4, 0.5) is 10.5 Å². The number of hydrogen-bond acceptors (Lipinski definition) is 7. The third kappa shape index (κ3) is 4.51. The number of ether oxygens (including phenoxy) is 1. The molecule has 0 atom stereocenters. The SMILES string of the molecule is O=C(Nc1ccoc1C(=O)NCc1ncc(C(=O)O)s1)OCC1c2ccccc2-c2ccccc21. The Morgan fingerprint density at radius 2 is 1.71 bits per heavy atom. The number of thiazole rings is 1. The topological polar surface area (TPSA) is 131 Å². The average molecular weight is 490 g/mol. The van der Waals surface area contributed by atoms with Gasteiger partial charge in [-0.3, -0.25) is 10.1 Å². The maximum absolute atomic E-state index is 12.5. The zero-order valence-electron chi connectivity index (χ0n) is 18.2. The highest BCUT2D eigenvalue weighted by Crippen LogP contribution is 2.44. The van der Waals surface area contributed by atoms with Gasteiger partial charge in [0.1, 0.15) is 16.5 Å². The first kappa shape index (κ1) is 22.4. The second kappa shape index (κ2) is 9.43. The van der Waals surface area contributed by atoms with Crippen LogP contribution in [0.15, 0.2) is 71.5 Å². The Labute approximate surface area is 203 Å². The van der Waals surface area contributed by atoms with Crippen molar-refractivity contribution in [2.45, 2.75) is 12.5 Å². The van der Waals surface area contributed by atoms with Crippen molar-refractivity contribution in [2.24, 2.45) is 0 Å². The number of carbonyl (C=O) groups is 3. The lowest BCUT2D eigenvalue weighted by molar-refractivity contribution is 0.0701. The van der Waals surface area contributed by atoms with Crippen LogP contribution in [0.3, 0.4) is 0 Å². The molecule has 10 heteroatoms. The number of carboxylic acid groups (broad SMARTS) is 1. The van der Waals surface area contributed by atoms with Crippen LogP contribution in [0.2, 0.25) is 0 Å². The Bertz CT molecular complexity index is 1380. The maximum Gasteiger partial charge on any atom is 0.411 e. The molecule has 176 valence electrons. The van der Waals surface area contributed by atoms with Crippen LogP contribution < -0.4 is 10.6 Å². The molecule has 0 saturated heterocycles. The summed E-state index contributed by atoms with van der Waals surface area (Å²) in [6, 6.07) is 17.5. The molecule has 1 aliphatic rings. The summed E-state index contributed by atoms with van der Waals surface area (Å²) >= 11 is 0.958. The Kier molecular flexibility index (Phi) is 6.02. The van der Waals surface area contributed by atoms with Crippen molar-refractivity contribution in [3.63, 3.8) is 0 Å². The summed E-state index contributed by atoms with van der Waals surface area (Å²) in [5.74, 6) is -1.86. The second-order valence-corrected chi connectivity index (χ2v) is 8.84. The maximum atomic E-state index is 12.5. The Morgan fingerprint density at radius 3 is 2.37 bits per heavy atom. The molecule has 0 radical (unpaired) electrons. The van der Waals surface area contributed by atoms with E-state index < -0.39 is 18.0 Å². The molecule has 2 heterocycles. The number of nitrogens with zero attached hydrogens (tertiary/aromatic N) is 1. The zero-order chi connectivity index (χ0) is 24.4. The molecule has 0 spiro atoms. The van der Waals surface area contributed by atoms with Gasteiger partial charge in [-0.05, 0) is 22.3 Å². The van der Waals surface area contributed by atoms with Gasteiger partial charge in [-0.1, -0.05) is 48.5 Å². The van der Waals surface area contributed by atoms with Crippen LogP contribution in [0.1, 0.15) is 42.3 Å². The number of fused-ring (bicyclic) bond motifs is 3. The van der Waals surface area contributed by atoms with Crippen molar-refractivity contribution in [1.29, 1.82) is 0 Å². The van der Waals surface area contributed by atoms with Crippen molar-refractivity contribution in [3.05, 3.63) is 93.8 Å². The van der Waals surface area contributed by atoms with Gasteiger partial charge in [0.15, 0.2) is 0 Å². The van der Waals surface area contributed by atoms with Crippen LogP contribution in [0.25, 0.3) is 11.1 Å². The minimum Gasteiger partial charge on any atom is -0.477 e. The summed E-state index contributed by atoms with van der Waals surface area (Å²) in [5, 5.41) is 14.5. The number of amides is 2. The van der Waals surface area contributed by atoms with E-state index in [1.807, 2.05) is 36.4 Å². The first-order chi connectivity index (χ1) is 17.0. The highest BCUT2D eigenvalue weighted by molar-refractivity contribution is 7.13. The summed E-state index contributed by atoms with van der Waals surface area (Å²) in [6.07, 6.45) is 1.79. The smallest absolute Gasteiger partial charge is 0.411 e. The van der Waals surface area contributed by atoms with Gasteiger partial charge < -0.3 is 19.6 Å². The number of carbonyl (C=O) groups excluding carboxylic acids is 2. The highest BCUT2D eigenvalue weighted by atomic mass is 32.1. The van der Waals surface area contributed by atoms with E-state index in [2.05, 4.69) is 27.8 Å². The molecule has 0 fully saturated rings. The number of nitrogens with one attached hydrogen (secondary N) is 2. The van der Waals surface area contributed by atoms with Gasteiger partial charge in [0, 0.05) is 12.0 Å². The fourth-order valence-electron chi connectivity index (χ4n) is 4.06. The van der Waals surface area contributed by atoms with Crippen molar-refractivity contribution in [3.8, 4) is 11.1 Å². The van der Waals surface area contributed by atoms with Crippen LogP contribution in [0, 0.1) is 0 Å². The standard InChI is InChI=1S/C25H19N3O6S/c29-23(27-12-21-26-11-20(35-21)24(30)31)22-19(9-10-33-22)28-25(32)34-13-18-16-7-3-1-5-14(16)15-6-2-4-8-17(15)18/h1-11,18H,12-13H2,(H,27,29)(H,28,32)(H,30,31). The number of hydrogen-bond donors (Lipinski definition) is 3. The van der Waals surface area contributed by atoms with E-state index in [1.165, 1.54) is 18.5 Å². The lowest BCUT2D eigenvalue weighted by atomic mass is 9.98. The van der Waals surface area contributed by atoms with Crippen molar-refractivity contribution in [1.82, 2.24) is 10.3 Å². The van der Waals surface area contributed by atoms with E-state index in [4.69, 9.17) is 14.3 Å². The van der Waals surface area contributed by atoms with Gasteiger partial charge >= 0.3 is 12.1 Å². The van der Waals surface area contributed by atoms with Gasteiger partial charge in [0.05, 0.1) is 24.7 Å². The van der Waals surface area contributed by atoms with E-state index >= 15 is 0 Å².